The Labute approximate surface area is 70.2 Å². The first-order valence-corrected chi connectivity index (χ1v) is 3.36. The molecule has 3 nitrogen and oxygen atoms in total. The largest absolute Gasteiger partial charge is 0.434 e. The fourth-order valence-corrected chi connectivity index (χ4v) is 0.845. The molecule has 0 saturated heterocycles. The number of carbonyl (C=O) groups excluding carboxylic acids is 1. The fourth-order valence-electron chi connectivity index (χ4n) is 0.845. The summed E-state index contributed by atoms with van der Waals surface area (Å²) in [5.41, 5.74) is 0.656. The molecule has 3 heteroatoms. The van der Waals surface area contributed by atoms with Gasteiger partial charge >= 0.3 is 6.47 Å². The average Bonchev–Trinajstić information content (AvgIpc) is 2.15. The summed E-state index contributed by atoms with van der Waals surface area (Å²) in [5.74, 6) is 0. The number of nitrogens with zero attached hydrogens (tertiary/aromatic N) is 1. The number of nitriles is 1. The monoisotopic (exact) mass is 160 g/mol. The van der Waals surface area contributed by atoms with E-state index in [1.807, 2.05) is 12.1 Å². The third kappa shape index (κ3) is 1.83. The van der Waals surface area contributed by atoms with Gasteiger partial charge in [0.2, 0.25) is 6.10 Å². The zero-order chi connectivity index (χ0) is 8.81. The zero-order valence-corrected chi connectivity index (χ0v) is 6.23. The summed E-state index contributed by atoms with van der Waals surface area (Å²) in [6, 6.07) is 10.6. The SMILES string of the molecule is N#CC(O[C]=O)c1ccccc1. The first-order chi connectivity index (χ1) is 5.88. The molecule has 1 rings (SSSR count). The van der Waals surface area contributed by atoms with Gasteiger partial charge in [-0.3, -0.25) is 0 Å². The standard InChI is InChI=1S/C9H6NO2/c10-6-9(12-7-11)8-4-2-1-3-5-8/h1-5,9H. The first-order valence-electron chi connectivity index (χ1n) is 3.36. The molecule has 1 atom stereocenters. The summed E-state index contributed by atoms with van der Waals surface area (Å²) in [5, 5.41) is 8.56. The summed E-state index contributed by atoms with van der Waals surface area (Å²) in [7, 11) is 0. The molecule has 1 aromatic rings. The van der Waals surface area contributed by atoms with Gasteiger partial charge in [-0.2, -0.15) is 5.26 Å². The van der Waals surface area contributed by atoms with Crippen molar-refractivity contribution in [1.82, 2.24) is 0 Å². The number of hydrogen-bond donors (Lipinski definition) is 0. The Hall–Kier alpha value is -1.82. The highest BCUT2D eigenvalue weighted by Gasteiger charge is 2.09. The lowest BCUT2D eigenvalue weighted by Gasteiger charge is -2.04. The molecule has 0 aromatic heterocycles. The summed E-state index contributed by atoms with van der Waals surface area (Å²) in [4.78, 5) is 9.85. The predicted molar refractivity (Wildman–Crippen MR) is 41.6 cm³/mol. The van der Waals surface area contributed by atoms with Crippen LogP contribution in [0.4, 0.5) is 0 Å². The van der Waals surface area contributed by atoms with Crippen molar-refractivity contribution in [2.24, 2.45) is 0 Å². The Balaban J connectivity index is 2.82. The zero-order valence-electron chi connectivity index (χ0n) is 6.23. The Bertz CT molecular complexity index is 289. The normalized spacial score (nSPS) is 11.2. The molecule has 1 unspecified atom stereocenters. The average molecular weight is 160 g/mol. The Morgan fingerprint density at radius 1 is 1.33 bits per heavy atom. The van der Waals surface area contributed by atoms with Crippen LogP contribution in [0.15, 0.2) is 30.3 Å². The summed E-state index contributed by atoms with van der Waals surface area (Å²) < 4.78 is 4.41. The van der Waals surface area contributed by atoms with E-state index in [2.05, 4.69) is 4.74 Å². The highest BCUT2D eigenvalue weighted by Crippen LogP contribution is 2.14. The van der Waals surface area contributed by atoms with Gasteiger partial charge in [-0.25, -0.2) is 4.79 Å². The minimum atomic E-state index is -0.844. The molecule has 0 saturated carbocycles. The Kier molecular flexibility index (Phi) is 2.86. The Morgan fingerprint density at radius 3 is 2.50 bits per heavy atom. The van der Waals surface area contributed by atoms with Gasteiger partial charge in [0.25, 0.3) is 0 Å². The van der Waals surface area contributed by atoms with Crippen molar-refractivity contribution in [2.45, 2.75) is 6.10 Å². The predicted octanol–water partition coefficient (Wildman–Crippen LogP) is 1.34. The highest BCUT2D eigenvalue weighted by molar-refractivity contribution is 5.41. The maximum absolute atomic E-state index is 9.85. The number of ether oxygens (including phenoxy) is 1. The molecule has 0 aliphatic heterocycles. The molecule has 0 bridgehead atoms. The van der Waals surface area contributed by atoms with Crippen LogP contribution in [-0.2, 0) is 9.53 Å². The van der Waals surface area contributed by atoms with Crippen LogP contribution >= 0.6 is 0 Å². The van der Waals surface area contributed by atoms with Crippen LogP contribution in [-0.4, -0.2) is 6.47 Å². The van der Waals surface area contributed by atoms with E-state index in [0.717, 1.165) is 0 Å². The van der Waals surface area contributed by atoms with Crippen LogP contribution in [0.5, 0.6) is 0 Å². The van der Waals surface area contributed by atoms with E-state index in [1.165, 1.54) is 6.47 Å². The van der Waals surface area contributed by atoms with E-state index in [1.54, 1.807) is 24.3 Å². The van der Waals surface area contributed by atoms with Gasteiger partial charge in [0.05, 0.1) is 0 Å². The highest BCUT2D eigenvalue weighted by atomic mass is 16.5. The van der Waals surface area contributed by atoms with Crippen molar-refractivity contribution in [3.05, 3.63) is 35.9 Å². The van der Waals surface area contributed by atoms with Crippen molar-refractivity contribution < 1.29 is 9.53 Å². The summed E-state index contributed by atoms with van der Waals surface area (Å²) in [6.07, 6.45) is -0.844. The maximum Gasteiger partial charge on any atom is 0.419 e. The van der Waals surface area contributed by atoms with Gasteiger partial charge in [-0.05, 0) is 0 Å². The molecule has 59 valence electrons. The third-order valence-electron chi connectivity index (χ3n) is 1.39. The molecule has 0 fully saturated rings. The van der Waals surface area contributed by atoms with Crippen LogP contribution in [0, 0.1) is 11.3 Å². The van der Waals surface area contributed by atoms with E-state index in [9.17, 15) is 4.79 Å². The first kappa shape index (κ1) is 8.28. The number of benzene rings is 1. The van der Waals surface area contributed by atoms with E-state index in [-0.39, 0.29) is 0 Å². The van der Waals surface area contributed by atoms with Crippen molar-refractivity contribution in [2.75, 3.05) is 0 Å². The smallest absolute Gasteiger partial charge is 0.419 e. The van der Waals surface area contributed by atoms with Crippen LogP contribution in [0.25, 0.3) is 0 Å². The van der Waals surface area contributed by atoms with Crippen LogP contribution in [0.3, 0.4) is 0 Å². The van der Waals surface area contributed by atoms with Crippen molar-refractivity contribution >= 4 is 6.47 Å². The molecular weight excluding hydrogens is 154 g/mol. The second-order valence-corrected chi connectivity index (χ2v) is 2.12. The molecule has 1 aromatic carbocycles. The lowest BCUT2D eigenvalue weighted by atomic mass is 10.1. The molecule has 12 heavy (non-hydrogen) atoms. The minimum absolute atomic E-state index is 0.656. The van der Waals surface area contributed by atoms with Crippen molar-refractivity contribution in [1.29, 1.82) is 5.26 Å². The second kappa shape index (κ2) is 4.14. The van der Waals surface area contributed by atoms with E-state index in [4.69, 9.17) is 5.26 Å². The molecule has 0 aliphatic carbocycles. The molecule has 0 aliphatic rings. The van der Waals surface area contributed by atoms with Gasteiger partial charge in [-0.15, -0.1) is 0 Å². The van der Waals surface area contributed by atoms with Gasteiger partial charge in [0.1, 0.15) is 6.07 Å². The molecule has 0 heterocycles. The number of rotatable bonds is 3. The van der Waals surface area contributed by atoms with Crippen molar-refractivity contribution in [3.8, 4) is 6.07 Å². The molecule has 0 spiro atoms. The summed E-state index contributed by atoms with van der Waals surface area (Å²) in [6.45, 7) is 1.24. The minimum Gasteiger partial charge on any atom is -0.434 e. The lowest BCUT2D eigenvalue weighted by molar-refractivity contribution is 0.229. The van der Waals surface area contributed by atoms with Crippen LogP contribution < -0.4 is 0 Å². The molecule has 0 N–H and O–H groups in total. The summed E-state index contributed by atoms with van der Waals surface area (Å²) >= 11 is 0. The van der Waals surface area contributed by atoms with Crippen molar-refractivity contribution in [3.63, 3.8) is 0 Å². The van der Waals surface area contributed by atoms with E-state index >= 15 is 0 Å². The Morgan fingerprint density at radius 2 is 2.00 bits per heavy atom. The van der Waals surface area contributed by atoms with E-state index in [0.29, 0.717) is 5.56 Å². The van der Waals surface area contributed by atoms with Gasteiger partial charge < -0.3 is 4.74 Å². The topological polar surface area (TPSA) is 50.1 Å². The second-order valence-electron chi connectivity index (χ2n) is 2.12. The molecule has 0 amide bonds. The maximum atomic E-state index is 9.85. The van der Waals surface area contributed by atoms with E-state index < -0.39 is 6.10 Å². The quantitative estimate of drug-likeness (QED) is 0.670. The van der Waals surface area contributed by atoms with Crippen LogP contribution in [0.2, 0.25) is 0 Å². The molecule has 1 radical (unpaired) electrons. The van der Waals surface area contributed by atoms with Gasteiger partial charge in [0.15, 0.2) is 0 Å². The van der Waals surface area contributed by atoms with Crippen LogP contribution in [0.1, 0.15) is 11.7 Å². The van der Waals surface area contributed by atoms with Gasteiger partial charge in [0, 0.05) is 5.56 Å². The van der Waals surface area contributed by atoms with Gasteiger partial charge in [-0.1, -0.05) is 30.3 Å². The molecular formula is C9H6NO2. The fraction of sp³-hybridized carbons (Fsp3) is 0.111. The third-order valence-corrected chi connectivity index (χ3v) is 1.39. The number of hydrogen-bond acceptors (Lipinski definition) is 3. The lowest BCUT2D eigenvalue weighted by Crippen LogP contribution is -1.99.